The lowest BCUT2D eigenvalue weighted by Gasteiger charge is -2.23. The lowest BCUT2D eigenvalue weighted by Crippen LogP contribution is -2.15. The quantitative estimate of drug-likeness (QED) is 0.465. The third-order valence-corrected chi connectivity index (χ3v) is 5.94. The number of fused-ring (bicyclic) bond motifs is 1. The molecule has 2 N–H and O–H groups in total. The zero-order valence-corrected chi connectivity index (χ0v) is 17.7. The summed E-state index contributed by atoms with van der Waals surface area (Å²) < 4.78 is 11.1. The van der Waals surface area contributed by atoms with E-state index in [-0.39, 0.29) is 17.8 Å². The van der Waals surface area contributed by atoms with Gasteiger partial charge in [-0.05, 0) is 54.8 Å². The highest BCUT2D eigenvalue weighted by molar-refractivity contribution is 5.92. The first kappa shape index (κ1) is 20.1. The number of methoxy groups -OCH3 is 1. The van der Waals surface area contributed by atoms with E-state index in [1.54, 1.807) is 25.3 Å². The number of ether oxygens (including phenoxy) is 1. The summed E-state index contributed by atoms with van der Waals surface area (Å²) in [6, 6.07) is 15.9. The van der Waals surface area contributed by atoms with Gasteiger partial charge in [0.1, 0.15) is 17.1 Å². The summed E-state index contributed by atoms with van der Waals surface area (Å²) in [4.78, 5) is 25.2. The lowest BCUT2D eigenvalue weighted by molar-refractivity contribution is -0.115. The fourth-order valence-corrected chi connectivity index (χ4v) is 3.91. The van der Waals surface area contributed by atoms with Gasteiger partial charge in [0.05, 0.1) is 18.9 Å². The van der Waals surface area contributed by atoms with Crippen molar-refractivity contribution in [2.45, 2.75) is 31.6 Å². The Bertz CT molecular complexity index is 1330. The maximum atomic E-state index is 12.7. The van der Waals surface area contributed by atoms with E-state index in [0.717, 1.165) is 35.4 Å². The predicted molar refractivity (Wildman–Crippen MR) is 122 cm³/mol. The summed E-state index contributed by atoms with van der Waals surface area (Å²) in [6.07, 6.45) is 3.70. The predicted octanol–water partition coefficient (Wildman–Crippen LogP) is 4.64. The number of amides is 1. The highest BCUT2D eigenvalue weighted by Gasteiger charge is 2.21. The van der Waals surface area contributed by atoms with Crippen LogP contribution in [0.25, 0.3) is 22.3 Å². The van der Waals surface area contributed by atoms with Crippen LogP contribution in [0.5, 0.6) is 5.75 Å². The first-order valence-corrected chi connectivity index (χ1v) is 10.7. The zero-order chi connectivity index (χ0) is 22.1. The Hall–Kier alpha value is -3.87. The number of nitrogens with one attached hydrogen (secondary N) is 2. The molecule has 0 radical (unpaired) electrons. The minimum atomic E-state index is -0.185. The second-order valence-electron chi connectivity index (χ2n) is 8.10. The van der Waals surface area contributed by atoms with Gasteiger partial charge in [-0.3, -0.25) is 14.7 Å². The number of hydrogen-bond donors (Lipinski definition) is 2. The van der Waals surface area contributed by atoms with Gasteiger partial charge in [-0.25, -0.2) is 0 Å². The van der Waals surface area contributed by atoms with Gasteiger partial charge in [-0.2, -0.15) is 5.10 Å². The van der Waals surface area contributed by atoms with E-state index in [4.69, 9.17) is 9.15 Å². The standard InChI is InChI=1S/C25H23N3O4/c1-31-18-8-6-17(7-9-18)23-14-21(29)19-11-15(5-10-22(19)32-23)12-25(30)26-24-13-20(27-28-24)16-3-2-4-16/h5-11,13-14,16H,2-4,12H2,1H3,(H2,26,27,28,30). The highest BCUT2D eigenvalue weighted by Crippen LogP contribution is 2.35. The Morgan fingerprint density at radius 3 is 2.69 bits per heavy atom. The van der Waals surface area contributed by atoms with Crippen molar-refractivity contribution in [3.63, 3.8) is 0 Å². The fourth-order valence-electron chi connectivity index (χ4n) is 3.91. The molecule has 1 fully saturated rings. The normalized spacial score (nSPS) is 13.7. The summed E-state index contributed by atoms with van der Waals surface area (Å²) in [7, 11) is 1.60. The Morgan fingerprint density at radius 2 is 1.97 bits per heavy atom. The molecule has 162 valence electrons. The molecule has 0 aliphatic heterocycles. The second kappa shape index (κ2) is 8.34. The van der Waals surface area contributed by atoms with Crippen molar-refractivity contribution in [2.24, 2.45) is 0 Å². The first-order valence-electron chi connectivity index (χ1n) is 10.7. The molecule has 1 aliphatic carbocycles. The van der Waals surface area contributed by atoms with Crippen LogP contribution >= 0.6 is 0 Å². The van der Waals surface area contributed by atoms with Crippen LogP contribution in [-0.2, 0) is 11.2 Å². The Kier molecular flexibility index (Phi) is 5.23. The average molecular weight is 429 g/mol. The van der Waals surface area contributed by atoms with Crippen LogP contribution in [0.4, 0.5) is 5.82 Å². The largest absolute Gasteiger partial charge is 0.497 e. The smallest absolute Gasteiger partial charge is 0.229 e. The van der Waals surface area contributed by atoms with Crippen molar-refractivity contribution in [2.75, 3.05) is 12.4 Å². The topological polar surface area (TPSA) is 97.2 Å². The SMILES string of the molecule is COc1ccc(-c2cc(=O)c3cc(CC(=O)Nc4cc(C5CCC5)[nH]n4)ccc3o2)cc1. The number of anilines is 1. The molecule has 4 aromatic rings. The minimum Gasteiger partial charge on any atom is -0.497 e. The van der Waals surface area contributed by atoms with Crippen molar-refractivity contribution in [3.8, 4) is 17.1 Å². The van der Waals surface area contributed by atoms with Gasteiger partial charge in [0, 0.05) is 29.3 Å². The molecule has 7 heteroatoms. The molecule has 1 aliphatic rings. The van der Waals surface area contributed by atoms with Gasteiger partial charge in [-0.15, -0.1) is 0 Å². The number of aromatic amines is 1. The van der Waals surface area contributed by atoms with Gasteiger partial charge >= 0.3 is 0 Å². The number of H-pyrrole nitrogens is 1. The van der Waals surface area contributed by atoms with E-state index < -0.39 is 0 Å². The number of nitrogens with zero attached hydrogens (tertiary/aromatic N) is 1. The third-order valence-electron chi connectivity index (χ3n) is 5.94. The van der Waals surface area contributed by atoms with Gasteiger partial charge in [0.25, 0.3) is 0 Å². The molecule has 1 saturated carbocycles. The zero-order valence-electron chi connectivity index (χ0n) is 17.7. The van der Waals surface area contributed by atoms with Gasteiger partial charge in [0.15, 0.2) is 11.2 Å². The number of benzene rings is 2. The molecule has 2 heterocycles. The van der Waals surface area contributed by atoms with Crippen molar-refractivity contribution in [1.29, 1.82) is 0 Å². The molecular formula is C25H23N3O4. The fraction of sp³-hybridized carbons (Fsp3) is 0.240. The van der Waals surface area contributed by atoms with E-state index in [9.17, 15) is 9.59 Å². The van der Waals surface area contributed by atoms with Crippen LogP contribution in [-0.4, -0.2) is 23.2 Å². The second-order valence-corrected chi connectivity index (χ2v) is 8.10. The van der Waals surface area contributed by atoms with Crippen LogP contribution < -0.4 is 15.5 Å². The molecule has 0 spiro atoms. The van der Waals surface area contributed by atoms with Gasteiger partial charge in [0.2, 0.25) is 5.91 Å². The van der Waals surface area contributed by atoms with E-state index in [0.29, 0.717) is 28.5 Å². The molecule has 5 rings (SSSR count). The number of aromatic nitrogens is 2. The summed E-state index contributed by atoms with van der Waals surface area (Å²) in [5.41, 5.74) is 2.91. The molecule has 0 unspecified atom stereocenters. The summed E-state index contributed by atoms with van der Waals surface area (Å²) in [6.45, 7) is 0. The summed E-state index contributed by atoms with van der Waals surface area (Å²) >= 11 is 0. The van der Waals surface area contributed by atoms with E-state index in [2.05, 4.69) is 15.5 Å². The number of carbonyl (C=O) groups is 1. The molecule has 7 nitrogen and oxygen atoms in total. The molecule has 2 aromatic heterocycles. The minimum absolute atomic E-state index is 0.140. The van der Waals surface area contributed by atoms with Crippen LogP contribution in [0.1, 0.15) is 36.4 Å². The van der Waals surface area contributed by atoms with Crippen molar-refractivity contribution >= 4 is 22.7 Å². The Labute approximate surface area is 184 Å². The molecule has 0 saturated heterocycles. The monoisotopic (exact) mass is 429 g/mol. The lowest BCUT2D eigenvalue weighted by atomic mass is 9.83. The van der Waals surface area contributed by atoms with E-state index in [1.807, 2.05) is 30.3 Å². The summed E-state index contributed by atoms with van der Waals surface area (Å²) in [5, 5.41) is 10.5. The van der Waals surface area contributed by atoms with Crippen molar-refractivity contribution in [3.05, 3.63) is 76.1 Å². The molecule has 32 heavy (non-hydrogen) atoms. The number of hydrogen-bond acceptors (Lipinski definition) is 5. The first-order chi connectivity index (χ1) is 15.6. The number of carbonyl (C=O) groups excluding carboxylic acids is 1. The maximum absolute atomic E-state index is 12.7. The molecule has 2 aromatic carbocycles. The summed E-state index contributed by atoms with van der Waals surface area (Å²) in [5.74, 6) is 2.08. The van der Waals surface area contributed by atoms with E-state index >= 15 is 0 Å². The van der Waals surface area contributed by atoms with Crippen LogP contribution in [0.2, 0.25) is 0 Å². The average Bonchev–Trinajstić information content (AvgIpc) is 3.20. The third kappa shape index (κ3) is 4.01. The Morgan fingerprint density at radius 1 is 1.16 bits per heavy atom. The molecule has 0 atom stereocenters. The molecular weight excluding hydrogens is 406 g/mol. The number of rotatable bonds is 6. The molecule has 1 amide bonds. The van der Waals surface area contributed by atoms with Gasteiger partial charge in [-0.1, -0.05) is 12.5 Å². The van der Waals surface area contributed by atoms with Crippen molar-refractivity contribution < 1.29 is 13.9 Å². The van der Waals surface area contributed by atoms with Crippen molar-refractivity contribution in [1.82, 2.24) is 10.2 Å². The highest BCUT2D eigenvalue weighted by atomic mass is 16.5. The maximum Gasteiger partial charge on any atom is 0.229 e. The van der Waals surface area contributed by atoms with E-state index in [1.165, 1.54) is 12.5 Å². The van der Waals surface area contributed by atoms with Crippen LogP contribution in [0.3, 0.4) is 0 Å². The van der Waals surface area contributed by atoms with Crippen LogP contribution in [0.15, 0.2) is 63.8 Å². The Balaban J connectivity index is 1.32. The molecule has 0 bridgehead atoms. The van der Waals surface area contributed by atoms with Gasteiger partial charge < -0.3 is 14.5 Å². The van der Waals surface area contributed by atoms with Crippen LogP contribution in [0, 0.1) is 0 Å².